The Hall–Kier alpha value is -2.23. The zero-order valence-electron chi connectivity index (χ0n) is 7.91. The standard InChI is InChI=1S/C11H8N4/c1-2-10-11(14-4-3-13-10)7-9(1)15-6-5-12-8-15/h1-8H. The van der Waals surface area contributed by atoms with Gasteiger partial charge in [0.15, 0.2) is 0 Å². The predicted octanol–water partition coefficient (Wildman–Crippen LogP) is 1.82. The molecule has 0 amide bonds. The molecule has 15 heavy (non-hydrogen) atoms. The number of hydrogen-bond donors (Lipinski definition) is 0. The summed E-state index contributed by atoms with van der Waals surface area (Å²) in [6.07, 6.45) is 8.80. The molecule has 2 heterocycles. The molecule has 4 nitrogen and oxygen atoms in total. The minimum Gasteiger partial charge on any atom is -0.306 e. The van der Waals surface area contributed by atoms with Gasteiger partial charge in [0.1, 0.15) is 0 Å². The Labute approximate surface area is 86.2 Å². The maximum atomic E-state index is 4.26. The van der Waals surface area contributed by atoms with Crippen molar-refractivity contribution < 1.29 is 0 Å². The predicted molar refractivity (Wildman–Crippen MR) is 56.7 cm³/mol. The zero-order valence-corrected chi connectivity index (χ0v) is 7.91. The van der Waals surface area contributed by atoms with E-state index in [4.69, 9.17) is 0 Å². The Morgan fingerprint density at radius 3 is 2.60 bits per heavy atom. The lowest BCUT2D eigenvalue weighted by molar-refractivity contribution is 1.06. The molecule has 1 aromatic carbocycles. The Morgan fingerprint density at radius 2 is 1.80 bits per heavy atom. The molecule has 0 aliphatic carbocycles. The van der Waals surface area contributed by atoms with E-state index in [9.17, 15) is 0 Å². The van der Waals surface area contributed by atoms with E-state index >= 15 is 0 Å². The number of hydrogen-bond acceptors (Lipinski definition) is 3. The second kappa shape index (κ2) is 3.16. The van der Waals surface area contributed by atoms with E-state index in [1.54, 1.807) is 24.9 Å². The summed E-state index contributed by atoms with van der Waals surface area (Å²) < 4.78 is 1.94. The van der Waals surface area contributed by atoms with Gasteiger partial charge in [-0.25, -0.2) is 4.98 Å². The van der Waals surface area contributed by atoms with Crippen molar-refractivity contribution in [1.82, 2.24) is 19.5 Å². The van der Waals surface area contributed by atoms with Gasteiger partial charge < -0.3 is 4.57 Å². The van der Waals surface area contributed by atoms with Crippen LogP contribution < -0.4 is 0 Å². The van der Waals surface area contributed by atoms with Crippen molar-refractivity contribution in [3.8, 4) is 5.69 Å². The van der Waals surface area contributed by atoms with E-state index in [1.165, 1.54) is 0 Å². The van der Waals surface area contributed by atoms with Crippen molar-refractivity contribution >= 4 is 11.0 Å². The quantitative estimate of drug-likeness (QED) is 0.596. The third kappa shape index (κ3) is 1.36. The van der Waals surface area contributed by atoms with E-state index in [-0.39, 0.29) is 0 Å². The first-order valence-corrected chi connectivity index (χ1v) is 4.62. The monoisotopic (exact) mass is 196 g/mol. The van der Waals surface area contributed by atoms with Crippen LogP contribution in [-0.4, -0.2) is 19.5 Å². The van der Waals surface area contributed by atoms with Crippen LogP contribution in [0.1, 0.15) is 0 Å². The molecule has 0 saturated heterocycles. The molecule has 0 N–H and O–H groups in total. The van der Waals surface area contributed by atoms with Gasteiger partial charge in [0.25, 0.3) is 0 Å². The molecule has 0 radical (unpaired) electrons. The highest BCUT2D eigenvalue weighted by Gasteiger charge is 1.98. The van der Waals surface area contributed by atoms with Crippen LogP contribution in [0.25, 0.3) is 16.7 Å². The fraction of sp³-hybridized carbons (Fsp3) is 0. The van der Waals surface area contributed by atoms with Crippen molar-refractivity contribution in [2.75, 3.05) is 0 Å². The van der Waals surface area contributed by atoms with Crippen molar-refractivity contribution in [1.29, 1.82) is 0 Å². The molecule has 0 aliphatic rings. The summed E-state index contributed by atoms with van der Waals surface area (Å²) in [4.78, 5) is 12.5. The van der Waals surface area contributed by atoms with Gasteiger partial charge >= 0.3 is 0 Å². The van der Waals surface area contributed by atoms with Crippen molar-refractivity contribution in [2.45, 2.75) is 0 Å². The maximum Gasteiger partial charge on any atom is 0.0991 e. The highest BCUT2D eigenvalue weighted by atomic mass is 15.0. The minimum absolute atomic E-state index is 0.892. The van der Waals surface area contributed by atoms with Crippen LogP contribution in [0, 0.1) is 0 Å². The molecule has 0 bridgehead atoms. The number of rotatable bonds is 1. The summed E-state index contributed by atoms with van der Waals surface area (Å²) in [7, 11) is 0. The SMILES string of the molecule is c1cn(-c2ccc3nccnc3c2)cn1. The lowest BCUT2D eigenvalue weighted by atomic mass is 10.2. The molecule has 3 rings (SSSR count). The van der Waals surface area contributed by atoms with Gasteiger partial charge in [-0.1, -0.05) is 0 Å². The summed E-state index contributed by atoms with van der Waals surface area (Å²) >= 11 is 0. The molecule has 0 unspecified atom stereocenters. The van der Waals surface area contributed by atoms with Gasteiger partial charge in [0.05, 0.1) is 17.4 Å². The molecule has 0 spiro atoms. The summed E-state index contributed by atoms with van der Waals surface area (Å²) in [5.74, 6) is 0. The van der Waals surface area contributed by atoms with Gasteiger partial charge in [-0.3, -0.25) is 9.97 Å². The highest BCUT2D eigenvalue weighted by Crippen LogP contribution is 2.13. The minimum atomic E-state index is 0.892. The lowest BCUT2D eigenvalue weighted by Crippen LogP contribution is -1.91. The Bertz CT molecular complexity index is 586. The molecule has 0 atom stereocenters. The van der Waals surface area contributed by atoms with Crippen LogP contribution in [0.15, 0.2) is 49.3 Å². The summed E-state index contributed by atoms with van der Waals surface area (Å²) in [5.41, 5.74) is 2.84. The number of aromatic nitrogens is 4. The van der Waals surface area contributed by atoms with Crippen molar-refractivity contribution in [3.05, 3.63) is 49.3 Å². The van der Waals surface area contributed by atoms with Gasteiger partial charge in [-0.15, -0.1) is 0 Å². The molecule has 0 saturated carbocycles. The average molecular weight is 196 g/mol. The second-order valence-electron chi connectivity index (χ2n) is 3.20. The molecular weight excluding hydrogens is 188 g/mol. The first-order valence-electron chi connectivity index (χ1n) is 4.62. The van der Waals surface area contributed by atoms with Gasteiger partial charge in [0, 0.05) is 30.5 Å². The fourth-order valence-electron chi connectivity index (χ4n) is 1.52. The third-order valence-corrected chi connectivity index (χ3v) is 2.26. The van der Waals surface area contributed by atoms with Crippen LogP contribution in [0.5, 0.6) is 0 Å². The third-order valence-electron chi connectivity index (χ3n) is 2.26. The van der Waals surface area contributed by atoms with Crippen molar-refractivity contribution in [2.24, 2.45) is 0 Å². The summed E-state index contributed by atoms with van der Waals surface area (Å²) in [6.45, 7) is 0. The van der Waals surface area contributed by atoms with Crippen LogP contribution >= 0.6 is 0 Å². The maximum absolute atomic E-state index is 4.26. The molecule has 2 aromatic heterocycles. The molecule has 3 aromatic rings. The second-order valence-corrected chi connectivity index (χ2v) is 3.20. The van der Waals surface area contributed by atoms with E-state index in [1.807, 2.05) is 29.0 Å². The van der Waals surface area contributed by atoms with Crippen LogP contribution in [0.4, 0.5) is 0 Å². The van der Waals surface area contributed by atoms with Gasteiger partial charge in [-0.2, -0.15) is 0 Å². The first kappa shape index (κ1) is 8.11. The molecule has 0 aliphatic heterocycles. The fourth-order valence-corrected chi connectivity index (χ4v) is 1.52. The summed E-state index contributed by atoms with van der Waals surface area (Å²) in [5, 5.41) is 0. The van der Waals surface area contributed by atoms with Crippen LogP contribution in [0.3, 0.4) is 0 Å². The van der Waals surface area contributed by atoms with Crippen LogP contribution in [-0.2, 0) is 0 Å². The average Bonchev–Trinajstić information content (AvgIpc) is 2.82. The molecule has 72 valence electrons. The van der Waals surface area contributed by atoms with E-state index in [2.05, 4.69) is 15.0 Å². The molecule has 0 fully saturated rings. The van der Waals surface area contributed by atoms with Crippen LogP contribution in [0.2, 0.25) is 0 Å². The van der Waals surface area contributed by atoms with Crippen molar-refractivity contribution in [3.63, 3.8) is 0 Å². The Balaban J connectivity index is 2.22. The highest BCUT2D eigenvalue weighted by molar-refractivity contribution is 5.76. The first-order chi connectivity index (χ1) is 7.43. The van der Waals surface area contributed by atoms with E-state index < -0.39 is 0 Å². The smallest absolute Gasteiger partial charge is 0.0991 e. The Morgan fingerprint density at radius 1 is 0.933 bits per heavy atom. The number of imidazole rings is 1. The van der Waals surface area contributed by atoms with E-state index in [0.717, 1.165) is 16.7 Å². The van der Waals surface area contributed by atoms with Gasteiger partial charge in [-0.05, 0) is 18.2 Å². The summed E-state index contributed by atoms with van der Waals surface area (Å²) in [6, 6.07) is 5.94. The topological polar surface area (TPSA) is 43.6 Å². The lowest BCUT2D eigenvalue weighted by Gasteiger charge is -2.02. The largest absolute Gasteiger partial charge is 0.306 e. The number of benzene rings is 1. The van der Waals surface area contributed by atoms with E-state index in [0.29, 0.717) is 0 Å². The molecular formula is C11H8N4. The Kier molecular flexibility index (Phi) is 1.71. The van der Waals surface area contributed by atoms with Gasteiger partial charge in [0.2, 0.25) is 0 Å². The number of fused-ring (bicyclic) bond motifs is 1. The zero-order chi connectivity index (χ0) is 10.1. The number of nitrogens with zero attached hydrogens (tertiary/aromatic N) is 4. The normalized spacial score (nSPS) is 10.7. The molecule has 4 heteroatoms.